The minimum Gasteiger partial charge on any atom is -0.496 e. The molecule has 0 amide bonds. The second-order valence-electron chi connectivity index (χ2n) is 3.99. The molecule has 0 radical (unpaired) electrons. The molecule has 0 fully saturated rings. The topological polar surface area (TPSA) is 67.2 Å². The van der Waals surface area contributed by atoms with Gasteiger partial charge < -0.3 is 4.74 Å². The predicted molar refractivity (Wildman–Crippen MR) is 65.5 cm³/mol. The van der Waals surface area contributed by atoms with Crippen LogP contribution in [0, 0.1) is 11.3 Å². The first-order chi connectivity index (χ1) is 7.90. The van der Waals surface area contributed by atoms with E-state index in [2.05, 4.69) is 0 Å². The smallest absolute Gasteiger partial charge is 0.156 e. The van der Waals surface area contributed by atoms with E-state index >= 15 is 0 Å². The molecule has 17 heavy (non-hydrogen) atoms. The third-order valence-electron chi connectivity index (χ3n) is 2.48. The SMILES string of the molecule is COc1ccc(C#N)cc1CS(=O)(=O)C(C)C. The summed E-state index contributed by atoms with van der Waals surface area (Å²) in [5.74, 6) is 0.386. The molecule has 0 heterocycles. The summed E-state index contributed by atoms with van der Waals surface area (Å²) in [6.45, 7) is 3.27. The number of rotatable bonds is 4. The van der Waals surface area contributed by atoms with Gasteiger partial charge >= 0.3 is 0 Å². The van der Waals surface area contributed by atoms with Gasteiger partial charge in [-0.2, -0.15) is 5.26 Å². The second-order valence-corrected chi connectivity index (χ2v) is 6.55. The van der Waals surface area contributed by atoms with Crippen LogP contribution in [0.25, 0.3) is 0 Å². The first-order valence-electron chi connectivity index (χ1n) is 5.19. The van der Waals surface area contributed by atoms with Crippen molar-refractivity contribution in [3.63, 3.8) is 0 Å². The zero-order chi connectivity index (χ0) is 13.1. The van der Waals surface area contributed by atoms with E-state index in [-0.39, 0.29) is 5.75 Å². The van der Waals surface area contributed by atoms with Crippen LogP contribution in [0.15, 0.2) is 18.2 Å². The molecule has 1 rings (SSSR count). The van der Waals surface area contributed by atoms with Crippen LogP contribution < -0.4 is 4.74 Å². The van der Waals surface area contributed by atoms with Crippen LogP contribution >= 0.6 is 0 Å². The summed E-state index contributed by atoms with van der Waals surface area (Å²) < 4.78 is 28.8. The highest BCUT2D eigenvalue weighted by Crippen LogP contribution is 2.23. The van der Waals surface area contributed by atoms with Crippen molar-refractivity contribution in [3.8, 4) is 11.8 Å². The molecule has 0 aliphatic rings. The van der Waals surface area contributed by atoms with E-state index < -0.39 is 15.1 Å². The molecule has 0 unspecified atom stereocenters. The monoisotopic (exact) mass is 253 g/mol. The number of nitrogens with zero attached hydrogens (tertiary/aromatic N) is 1. The van der Waals surface area contributed by atoms with Gasteiger partial charge in [0.1, 0.15) is 5.75 Å². The zero-order valence-electron chi connectivity index (χ0n) is 10.1. The second kappa shape index (κ2) is 5.19. The van der Waals surface area contributed by atoms with Crippen LogP contribution in [0.2, 0.25) is 0 Å². The van der Waals surface area contributed by atoms with Crippen LogP contribution in [0.5, 0.6) is 5.75 Å². The van der Waals surface area contributed by atoms with Crippen LogP contribution in [-0.4, -0.2) is 20.8 Å². The third-order valence-corrected chi connectivity index (χ3v) is 4.63. The number of hydrogen-bond acceptors (Lipinski definition) is 4. The largest absolute Gasteiger partial charge is 0.496 e. The number of ether oxygens (including phenoxy) is 1. The number of hydrogen-bond donors (Lipinski definition) is 0. The predicted octanol–water partition coefficient (Wildman–Crippen LogP) is 1.89. The average Bonchev–Trinajstić information content (AvgIpc) is 2.28. The van der Waals surface area contributed by atoms with E-state index in [0.717, 1.165) is 0 Å². The maximum atomic E-state index is 11.8. The van der Waals surface area contributed by atoms with Gasteiger partial charge in [-0.15, -0.1) is 0 Å². The summed E-state index contributed by atoms with van der Waals surface area (Å²) in [6.07, 6.45) is 0. The van der Waals surface area contributed by atoms with Gasteiger partial charge in [-0.1, -0.05) is 0 Å². The van der Waals surface area contributed by atoms with Crippen molar-refractivity contribution >= 4 is 9.84 Å². The van der Waals surface area contributed by atoms with Crippen molar-refractivity contribution < 1.29 is 13.2 Å². The highest BCUT2D eigenvalue weighted by molar-refractivity contribution is 7.91. The Hall–Kier alpha value is -1.54. The first-order valence-corrected chi connectivity index (χ1v) is 6.91. The summed E-state index contributed by atoms with van der Waals surface area (Å²) in [5, 5.41) is 8.35. The van der Waals surface area contributed by atoms with E-state index in [1.54, 1.807) is 32.0 Å². The summed E-state index contributed by atoms with van der Waals surface area (Å²) >= 11 is 0. The molecule has 0 aliphatic carbocycles. The minimum absolute atomic E-state index is 0.108. The fourth-order valence-electron chi connectivity index (χ4n) is 1.34. The lowest BCUT2D eigenvalue weighted by atomic mass is 10.1. The molecule has 4 nitrogen and oxygen atoms in total. The van der Waals surface area contributed by atoms with E-state index in [0.29, 0.717) is 16.9 Å². The van der Waals surface area contributed by atoms with Gasteiger partial charge in [-0.05, 0) is 32.0 Å². The Morgan fingerprint density at radius 1 is 1.41 bits per heavy atom. The lowest BCUT2D eigenvalue weighted by Gasteiger charge is -2.11. The number of nitriles is 1. The molecule has 0 saturated carbocycles. The summed E-state index contributed by atoms with van der Waals surface area (Å²) in [5.41, 5.74) is 0.958. The molecule has 0 N–H and O–H groups in total. The van der Waals surface area contributed by atoms with Crippen LogP contribution in [0.1, 0.15) is 25.0 Å². The normalized spacial score (nSPS) is 11.2. The molecule has 1 aromatic carbocycles. The number of methoxy groups -OCH3 is 1. The molecule has 0 saturated heterocycles. The van der Waals surface area contributed by atoms with E-state index in [4.69, 9.17) is 10.00 Å². The van der Waals surface area contributed by atoms with Gasteiger partial charge in [0.15, 0.2) is 9.84 Å². The quantitative estimate of drug-likeness (QED) is 0.821. The van der Waals surface area contributed by atoms with Crippen molar-refractivity contribution in [2.75, 3.05) is 7.11 Å². The Balaban J connectivity index is 3.18. The molecular weight excluding hydrogens is 238 g/mol. The highest BCUT2D eigenvalue weighted by atomic mass is 32.2. The van der Waals surface area contributed by atoms with Gasteiger partial charge in [-0.25, -0.2) is 8.42 Å². The molecule has 0 bridgehead atoms. The van der Waals surface area contributed by atoms with Crippen LogP contribution in [0.3, 0.4) is 0 Å². The third kappa shape index (κ3) is 3.21. The fraction of sp³-hybridized carbons (Fsp3) is 0.417. The van der Waals surface area contributed by atoms with Crippen molar-refractivity contribution in [2.45, 2.75) is 24.9 Å². The Bertz CT molecular complexity index is 541. The fourth-order valence-corrected chi connectivity index (χ4v) is 2.34. The lowest BCUT2D eigenvalue weighted by Crippen LogP contribution is -2.16. The Morgan fingerprint density at radius 2 is 2.06 bits per heavy atom. The van der Waals surface area contributed by atoms with Gasteiger partial charge in [0.05, 0.1) is 29.7 Å². The Kier molecular flexibility index (Phi) is 4.13. The maximum absolute atomic E-state index is 11.8. The summed E-state index contributed by atoms with van der Waals surface area (Å²) in [4.78, 5) is 0. The Labute approximate surface area is 102 Å². The van der Waals surface area contributed by atoms with Gasteiger partial charge in [0, 0.05) is 5.56 Å². The number of benzene rings is 1. The van der Waals surface area contributed by atoms with Crippen LogP contribution in [0.4, 0.5) is 0 Å². The molecule has 92 valence electrons. The van der Waals surface area contributed by atoms with Crippen molar-refractivity contribution in [1.29, 1.82) is 5.26 Å². The number of sulfone groups is 1. The van der Waals surface area contributed by atoms with Crippen molar-refractivity contribution in [2.24, 2.45) is 0 Å². The van der Waals surface area contributed by atoms with E-state index in [9.17, 15) is 8.42 Å². The first kappa shape index (κ1) is 13.5. The molecule has 0 spiro atoms. The van der Waals surface area contributed by atoms with Crippen molar-refractivity contribution in [3.05, 3.63) is 29.3 Å². The van der Waals surface area contributed by atoms with Gasteiger partial charge in [0.25, 0.3) is 0 Å². The van der Waals surface area contributed by atoms with Crippen LogP contribution in [-0.2, 0) is 15.6 Å². The summed E-state index contributed by atoms with van der Waals surface area (Å²) in [7, 11) is -1.72. The van der Waals surface area contributed by atoms with Gasteiger partial charge in [0.2, 0.25) is 0 Å². The van der Waals surface area contributed by atoms with Crippen molar-refractivity contribution in [1.82, 2.24) is 0 Å². The molecular formula is C12H15NO3S. The average molecular weight is 253 g/mol. The summed E-state index contributed by atoms with van der Waals surface area (Å²) in [6, 6.07) is 6.75. The van der Waals surface area contributed by atoms with Gasteiger partial charge in [-0.3, -0.25) is 0 Å². The maximum Gasteiger partial charge on any atom is 0.156 e. The Morgan fingerprint density at radius 3 is 2.53 bits per heavy atom. The molecule has 0 atom stereocenters. The molecule has 0 aliphatic heterocycles. The van der Waals surface area contributed by atoms with E-state index in [1.807, 2.05) is 6.07 Å². The molecule has 5 heteroatoms. The molecule has 0 aromatic heterocycles. The molecule has 1 aromatic rings. The minimum atomic E-state index is -3.20. The standard InChI is InChI=1S/C12H15NO3S/c1-9(2)17(14,15)8-11-6-10(7-13)4-5-12(11)16-3/h4-6,9H,8H2,1-3H3. The van der Waals surface area contributed by atoms with E-state index in [1.165, 1.54) is 7.11 Å². The lowest BCUT2D eigenvalue weighted by molar-refractivity contribution is 0.411. The highest BCUT2D eigenvalue weighted by Gasteiger charge is 2.19. The zero-order valence-corrected chi connectivity index (χ0v) is 10.9.